The number of carbonyl (C=O) groups excluding carboxylic acids is 1. The van der Waals surface area contributed by atoms with Crippen molar-refractivity contribution in [3.05, 3.63) is 12.2 Å². The summed E-state index contributed by atoms with van der Waals surface area (Å²) in [7, 11) is 0. The van der Waals surface area contributed by atoms with Crippen molar-refractivity contribution in [3.8, 4) is 0 Å². The van der Waals surface area contributed by atoms with Gasteiger partial charge in [-0.1, -0.05) is 83.8 Å². The van der Waals surface area contributed by atoms with Gasteiger partial charge in [0.1, 0.15) is 6.10 Å². The number of hydrogen-bond donors (Lipinski definition) is 0. The molecule has 170 valence electrons. The lowest BCUT2D eigenvalue weighted by Crippen LogP contribution is -2.38. The molecule has 4 nitrogen and oxygen atoms in total. The van der Waals surface area contributed by atoms with Crippen LogP contribution in [0.2, 0.25) is 0 Å². The molecule has 0 atom stereocenters. The van der Waals surface area contributed by atoms with Gasteiger partial charge in [-0.05, 0) is 38.5 Å². The van der Waals surface area contributed by atoms with Gasteiger partial charge in [-0.2, -0.15) is 0 Å². The maximum absolute atomic E-state index is 11.9. The van der Waals surface area contributed by atoms with Gasteiger partial charge in [0.2, 0.25) is 0 Å². The zero-order valence-corrected chi connectivity index (χ0v) is 19.2. The van der Waals surface area contributed by atoms with Gasteiger partial charge in [0.15, 0.2) is 6.29 Å². The van der Waals surface area contributed by atoms with Gasteiger partial charge in [-0.3, -0.25) is 4.79 Å². The number of unbranched alkanes of at least 4 members (excludes halogenated alkanes) is 11. The molecule has 0 aromatic rings. The van der Waals surface area contributed by atoms with Gasteiger partial charge in [0, 0.05) is 6.42 Å². The Hall–Kier alpha value is -0.870. The Bertz CT molecular complexity index is 400. The molecule has 0 amide bonds. The van der Waals surface area contributed by atoms with Crippen molar-refractivity contribution < 1.29 is 19.0 Å². The van der Waals surface area contributed by atoms with Crippen LogP contribution in [-0.2, 0) is 19.0 Å². The minimum absolute atomic E-state index is 0.112. The van der Waals surface area contributed by atoms with Crippen LogP contribution in [0.25, 0.3) is 0 Å². The topological polar surface area (TPSA) is 44.8 Å². The largest absolute Gasteiger partial charge is 0.457 e. The molecule has 0 aromatic heterocycles. The van der Waals surface area contributed by atoms with Gasteiger partial charge < -0.3 is 14.2 Å². The highest BCUT2D eigenvalue weighted by Gasteiger charge is 2.24. The van der Waals surface area contributed by atoms with Gasteiger partial charge in [-0.15, -0.1) is 0 Å². The van der Waals surface area contributed by atoms with E-state index in [1.807, 2.05) is 0 Å². The zero-order valence-electron chi connectivity index (χ0n) is 19.2. The molecule has 29 heavy (non-hydrogen) atoms. The van der Waals surface area contributed by atoms with Crippen LogP contribution in [0.15, 0.2) is 12.2 Å². The van der Waals surface area contributed by atoms with Crippen molar-refractivity contribution in [1.29, 1.82) is 0 Å². The van der Waals surface area contributed by atoms with Crippen LogP contribution in [0.5, 0.6) is 0 Å². The lowest BCUT2D eigenvalue weighted by atomic mass is 10.1. The Balaban J connectivity index is 1.82. The van der Waals surface area contributed by atoms with E-state index in [1.54, 1.807) is 0 Å². The van der Waals surface area contributed by atoms with Crippen LogP contribution in [0.3, 0.4) is 0 Å². The first kappa shape index (κ1) is 26.2. The van der Waals surface area contributed by atoms with E-state index in [4.69, 9.17) is 14.2 Å². The first-order valence-corrected chi connectivity index (χ1v) is 12.3. The fraction of sp³-hybridized carbons (Fsp3) is 0.880. The average Bonchev–Trinajstić information content (AvgIpc) is 2.72. The monoisotopic (exact) mass is 410 g/mol. The summed E-state index contributed by atoms with van der Waals surface area (Å²) in [5.41, 5.74) is 0. The molecule has 0 aromatic carbocycles. The molecule has 0 saturated carbocycles. The first-order chi connectivity index (χ1) is 14.3. The average molecular weight is 411 g/mol. The predicted molar refractivity (Wildman–Crippen MR) is 120 cm³/mol. The summed E-state index contributed by atoms with van der Waals surface area (Å²) in [6, 6.07) is 0. The number of hydrogen-bond acceptors (Lipinski definition) is 4. The third-order valence-corrected chi connectivity index (χ3v) is 5.40. The summed E-state index contributed by atoms with van der Waals surface area (Å²) < 4.78 is 16.6. The molecule has 4 heteroatoms. The molecule has 0 bridgehead atoms. The predicted octanol–water partition coefficient (Wildman–Crippen LogP) is 7.11. The SMILES string of the molecule is CCCCC/C=C/CCCCCCCCCCC(=O)OC1COC(CCC)OC1. The third kappa shape index (κ3) is 15.6. The van der Waals surface area contributed by atoms with Crippen molar-refractivity contribution in [2.45, 2.75) is 129 Å². The van der Waals surface area contributed by atoms with E-state index in [-0.39, 0.29) is 18.4 Å². The second-order valence-electron chi connectivity index (χ2n) is 8.33. The van der Waals surface area contributed by atoms with E-state index in [2.05, 4.69) is 26.0 Å². The fourth-order valence-electron chi connectivity index (χ4n) is 3.58. The second-order valence-corrected chi connectivity index (χ2v) is 8.33. The van der Waals surface area contributed by atoms with E-state index in [9.17, 15) is 4.79 Å². The van der Waals surface area contributed by atoms with Crippen molar-refractivity contribution in [2.24, 2.45) is 0 Å². The van der Waals surface area contributed by atoms with E-state index in [1.165, 1.54) is 70.6 Å². The molecular weight excluding hydrogens is 364 g/mol. The van der Waals surface area contributed by atoms with Crippen LogP contribution >= 0.6 is 0 Å². The molecular formula is C25H46O4. The molecule has 1 aliphatic heterocycles. The van der Waals surface area contributed by atoms with Crippen molar-refractivity contribution in [1.82, 2.24) is 0 Å². The number of allylic oxidation sites excluding steroid dienone is 2. The summed E-state index contributed by atoms with van der Waals surface area (Å²) in [6.07, 6.45) is 23.2. The fourth-order valence-corrected chi connectivity index (χ4v) is 3.58. The van der Waals surface area contributed by atoms with Gasteiger partial charge >= 0.3 is 5.97 Å². The molecule has 0 aliphatic carbocycles. The second kappa shape index (κ2) is 19.1. The molecule has 0 spiro atoms. The molecule has 0 unspecified atom stereocenters. The Morgan fingerprint density at radius 1 is 0.793 bits per heavy atom. The van der Waals surface area contributed by atoms with Crippen molar-refractivity contribution in [2.75, 3.05) is 13.2 Å². The Morgan fingerprint density at radius 3 is 1.93 bits per heavy atom. The molecule has 1 saturated heterocycles. The number of ether oxygens (including phenoxy) is 3. The van der Waals surface area contributed by atoms with E-state index in [0.717, 1.165) is 25.7 Å². The van der Waals surface area contributed by atoms with Crippen LogP contribution in [0, 0.1) is 0 Å². The quantitative estimate of drug-likeness (QED) is 0.137. The normalized spacial score (nSPS) is 19.7. The van der Waals surface area contributed by atoms with Crippen LogP contribution in [0.4, 0.5) is 0 Å². The highest BCUT2D eigenvalue weighted by molar-refractivity contribution is 5.69. The summed E-state index contributed by atoms with van der Waals surface area (Å²) in [4.78, 5) is 11.9. The summed E-state index contributed by atoms with van der Waals surface area (Å²) >= 11 is 0. The van der Waals surface area contributed by atoms with E-state index in [0.29, 0.717) is 19.6 Å². The summed E-state index contributed by atoms with van der Waals surface area (Å²) in [6.45, 7) is 5.29. The number of rotatable bonds is 18. The molecule has 0 radical (unpaired) electrons. The lowest BCUT2D eigenvalue weighted by Gasteiger charge is -2.28. The number of carbonyl (C=O) groups is 1. The first-order valence-electron chi connectivity index (χ1n) is 12.3. The van der Waals surface area contributed by atoms with Crippen LogP contribution in [-0.4, -0.2) is 31.6 Å². The maximum Gasteiger partial charge on any atom is 0.306 e. The van der Waals surface area contributed by atoms with Gasteiger partial charge in [-0.25, -0.2) is 0 Å². The number of esters is 1. The molecule has 1 aliphatic rings. The van der Waals surface area contributed by atoms with Gasteiger partial charge in [0.05, 0.1) is 13.2 Å². The van der Waals surface area contributed by atoms with E-state index < -0.39 is 0 Å². The molecule has 1 rings (SSSR count). The molecule has 1 fully saturated rings. The summed E-state index contributed by atoms with van der Waals surface area (Å²) in [5.74, 6) is -0.112. The lowest BCUT2D eigenvalue weighted by molar-refractivity contribution is -0.227. The highest BCUT2D eigenvalue weighted by Crippen LogP contribution is 2.15. The Morgan fingerprint density at radius 2 is 1.34 bits per heavy atom. The maximum atomic E-state index is 11.9. The standard InChI is InChI=1S/C25H46O4/c1-3-5-6-7-8-9-10-11-12-13-14-15-16-17-18-20-24(26)29-23-21-27-25(19-4-2)28-22-23/h8-9,23,25H,3-7,10-22H2,1-2H3/b9-8+. The minimum atomic E-state index is -0.234. The highest BCUT2D eigenvalue weighted by atomic mass is 16.7. The van der Waals surface area contributed by atoms with Crippen molar-refractivity contribution in [3.63, 3.8) is 0 Å². The molecule has 1 heterocycles. The smallest absolute Gasteiger partial charge is 0.306 e. The zero-order chi connectivity index (χ0) is 21.0. The van der Waals surface area contributed by atoms with Crippen LogP contribution in [0.1, 0.15) is 117 Å². The summed E-state index contributed by atoms with van der Waals surface area (Å²) in [5, 5.41) is 0. The Labute approximate surface area is 179 Å². The van der Waals surface area contributed by atoms with Crippen LogP contribution < -0.4 is 0 Å². The third-order valence-electron chi connectivity index (χ3n) is 5.40. The van der Waals surface area contributed by atoms with Crippen molar-refractivity contribution >= 4 is 5.97 Å². The molecule has 0 N–H and O–H groups in total. The van der Waals surface area contributed by atoms with Gasteiger partial charge in [0.25, 0.3) is 0 Å². The Kier molecular flexibility index (Phi) is 17.2. The minimum Gasteiger partial charge on any atom is -0.457 e. The van der Waals surface area contributed by atoms with E-state index >= 15 is 0 Å².